The molecular weight excluding hydrogens is 369 g/mol. The fraction of sp³-hybridized carbons (Fsp3) is 0. The molecule has 0 saturated carbocycles. The van der Waals surface area contributed by atoms with E-state index in [0.29, 0.717) is 10.8 Å². The normalized spacial score (nSPS) is 10.7. The van der Waals surface area contributed by atoms with E-state index in [1.807, 2.05) is 0 Å². The molecule has 0 bridgehead atoms. The zero-order valence-corrected chi connectivity index (χ0v) is 13.9. The van der Waals surface area contributed by atoms with Crippen LogP contribution in [0.2, 0.25) is 10.0 Å². The summed E-state index contributed by atoms with van der Waals surface area (Å²) in [6.07, 6.45) is 2.61. The Hall–Kier alpha value is -3.15. The number of benzene rings is 1. The Morgan fingerprint density at radius 3 is 2.72 bits per heavy atom. The maximum absolute atomic E-state index is 12.1. The van der Waals surface area contributed by atoms with Crippen molar-refractivity contribution in [1.82, 2.24) is 4.98 Å². The Kier molecular flexibility index (Phi) is 5.89. The van der Waals surface area contributed by atoms with Gasteiger partial charge in [-0.05, 0) is 24.3 Å². The van der Waals surface area contributed by atoms with Crippen LogP contribution in [0.25, 0.3) is 0 Å². The number of hydrogen-bond acceptors (Lipinski definition) is 6. The number of nitrogens with one attached hydrogen (secondary N) is 2. The van der Waals surface area contributed by atoms with Gasteiger partial charge < -0.3 is 10.6 Å². The summed E-state index contributed by atoms with van der Waals surface area (Å²) in [5.41, 5.74) is -0.495. The minimum atomic E-state index is -0.756. The number of carbonyl (C=O) groups excluding carboxylic acids is 1. The van der Waals surface area contributed by atoms with Gasteiger partial charge in [0.15, 0.2) is 0 Å². The van der Waals surface area contributed by atoms with Gasteiger partial charge in [0.05, 0.1) is 4.92 Å². The number of nitrogens with zero attached hydrogens (tertiary/aromatic N) is 3. The van der Waals surface area contributed by atoms with Gasteiger partial charge in [-0.15, -0.1) is 0 Å². The predicted molar refractivity (Wildman–Crippen MR) is 93.3 cm³/mol. The third kappa shape index (κ3) is 4.91. The number of rotatable bonds is 5. The Balaban J connectivity index is 2.15. The standard InChI is InChI=1S/C15H9Cl2N5O3/c16-10-3-4-19-14(5-10)20-8-9(7-18)15(23)21-11-1-2-12(17)13(6-11)22(24)25/h1-6,8H,(H,19,20)(H,21,23)/b9-8-. The molecule has 0 atom stereocenters. The molecule has 0 aliphatic carbocycles. The van der Waals surface area contributed by atoms with Crippen molar-refractivity contribution in [2.45, 2.75) is 0 Å². The lowest BCUT2D eigenvalue weighted by molar-refractivity contribution is -0.384. The van der Waals surface area contributed by atoms with Gasteiger partial charge in [-0.1, -0.05) is 23.2 Å². The van der Waals surface area contributed by atoms with Crippen molar-refractivity contribution in [3.63, 3.8) is 0 Å². The minimum Gasteiger partial charge on any atom is -0.345 e. The number of aromatic nitrogens is 1. The molecule has 126 valence electrons. The predicted octanol–water partition coefficient (Wildman–Crippen LogP) is 3.75. The van der Waals surface area contributed by atoms with Crippen LogP contribution in [0.1, 0.15) is 0 Å². The first-order valence-corrected chi connectivity index (χ1v) is 7.40. The molecule has 25 heavy (non-hydrogen) atoms. The van der Waals surface area contributed by atoms with Gasteiger partial charge in [0.1, 0.15) is 22.5 Å². The van der Waals surface area contributed by atoms with Gasteiger partial charge in [-0.3, -0.25) is 14.9 Å². The van der Waals surface area contributed by atoms with Crippen LogP contribution in [0.4, 0.5) is 17.2 Å². The second kappa shape index (κ2) is 8.10. The lowest BCUT2D eigenvalue weighted by Gasteiger charge is -2.05. The maximum Gasteiger partial charge on any atom is 0.289 e. The number of halogens is 2. The Morgan fingerprint density at radius 1 is 1.32 bits per heavy atom. The molecule has 1 aromatic heterocycles. The van der Waals surface area contributed by atoms with Crippen LogP contribution in [0.3, 0.4) is 0 Å². The third-order valence-corrected chi connectivity index (χ3v) is 3.41. The van der Waals surface area contributed by atoms with Gasteiger partial charge >= 0.3 is 0 Å². The Bertz CT molecular complexity index is 908. The molecule has 0 saturated heterocycles. The summed E-state index contributed by atoms with van der Waals surface area (Å²) in [6, 6.07) is 8.56. The van der Waals surface area contributed by atoms with Gasteiger partial charge in [-0.25, -0.2) is 4.98 Å². The summed E-state index contributed by atoms with van der Waals surface area (Å²) < 4.78 is 0. The van der Waals surface area contributed by atoms with Crippen LogP contribution in [-0.2, 0) is 4.79 Å². The largest absolute Gasteiger partial charge is 0.345 e. The van der Waals surface area contributed by atoms with Crippen LogP contribution < -0.4 is 10.6 Å². The molecule has 2 N–H and O–H groups in total. The quantitative estimate of drug-likeness (QED) is 0.354. The summed E-state index contributed by atoms with van der Waals surface area (Å²) in [5.74, 6) is -0.413. The first-order valence-electron chi connectivity index (χ1n) is 6.64. The fourth-order valence-corrected chi connectivity index (χ4v) is 2.05. The fourth-order valence-electron chi connectivity index (χ4n) is 1.71. The highest BCUT2D eigenvalue weighted by Gasteiger charge is 2.15. The highest BCUT2D eigenvalue weighted by atomic mass is 35.5. The number of pyridine rings is 1. The molecule has 2 rings (SSSR count). The second-order valence-electron chi connectivity index (χ2n) is 4.55. The lowest BCUT2D eigenvalue weighted by Crippen LogP contribution is -2.14. The van der Waals surface area contributed by atoms with Crippen LogP contribution in [-0.4, -0.2) is 15.8 Å². The van der Waals surface area contributed by atoms with Gasteiger partial charge in [-0.2, -0.15) is 5.26 Å². The SMILES string of the molecule is N#C/C(=C/Nc1cc(Cl)ccn1)C(=O)Nc1ccc(Cl)c([N+](=O)[O-])c1. The summed E-state index contributed by atoms with van der Waals surface area (Å²) in [7, 11) is 0. The molecule has 0 unspecified atom stereocenters. The van der Waals surface area contributed by atoms with E-state index in [-0.39, 0.29) is 22.0 Å². The van der Waals surface area contributed by atoms with Crippen LogP contribution >= 0.6 is 23.2 Å². The lowest BCUT2D eigenvalue weighted by atomic mass is 10.2. The van der Waals surface area contributed by atoms with E-state index in [2.05, 4.69) is 15.6 Å². The number of carbonyl (C=O) groups is 1. The smallest absolute Gasteiger partial charge is 0.289 e. The molecule has 0 aliphatic heterocycles. The van der Waals surface area contributed by atoms with Crippen LogP contribution in [0, 0.1) is 21.4 Å². The zero-order valence-electron chi connectivity index (χ0n) is 12.4. The summed E-state index contributed by atoms with van der Waals surface area (Å²) in [4.78, 5) is 26.2. The number of nitro benzene ring substituents is 1. The highest BCUT2D eigenvalue weighted by Crippen LogP contribution is 2.27. The third-order valence-electron chi connectivity index (χ3n) is 2.85. The number of amides is 1. The van der Waals surface area contributed by atoms with Gasteiger partial charge in [0.25, 0.3) is 11.6 Å². The van der Waals surface area contributed by atoms with E-state index in [1.165, 1.54) is 24.4 Å². The topological polar surface area (TPSA) is 121 Å². The molecule has 0 fully saturated rings. The summed E-state index contributed by atoms with van der Waals surface area (Å²) >= 11 is 11.5. The maximum atomic E-state index is 12.1. The Labute approximate surface area is 151 Å². The number of nitriles is 1. The second-order valence-corrected chi connectivity index (χ2v) is 5.39. The summed E-state index contributed by atoms with van der Waals surface area (Å²) in [5, 5.41) is 25.4. The zero-order chi connectivity index (χ0) is 18.4. The van der Waals surface area contributed by atoms with E-state index in [0.717, 1.165) is 12.3 Å². The molecule has 8 nitrogen and oxygen atoms in total. The number of anilines is 2. The van der Waals surface area contributed by atoms with Crippen molar-refractivity contribution >= 4 is 46.3 Å². The first kappa shape index (κ1) is 18.2. The van der Waals surface area contributed by atoms with E-state index >= 15 is 0 Å². The van der Waals surface area contributed by atoms with Gasteiger partial charge in [0, 0.05) is 29.2 Å². The van der Waals surface area contributed by atoms with E-state index in [1.54, 1.807) is 12.1 Å². The molecule has 0 aliphatic rings. The molecule has 1 aromatic carbocycles. The minimum absolute atomic E-state index is 0.0623. The molecular formula is C15H9Cl2N5O3. The first-order chi connectivity index (χ1) is 11.9. The number of nitro groups is 1. The van der Waals surface area contributed by atoms with Gasteiger partial charge in [0.2, 0.25) is 0 Å². The van der Waals surface area contributed by atoms with E-state index in [4.69, 9.17) is 28.5 Å². The average Bonchev–Trinajstić information content (AvgIpc) is 2.57. The van der Waals surface area contributed by atoms with Crippen molar-refractivity contribution in [3.8, 4) is 6.07 Å². The van der Waals surface area contributed by atoms with Crippen molar-refractivity contribution in [2.75, 3.05) is 10.6 Å². The molecule has 0 spiro atoms. The van der Waals surface area contributed by atoms with Crippen molar-refractivity contribution in [1.29, 1.82) is 5.26 Å². The van der Waals surface area contributed by atoms with Crippen LogP contribution in [0.15, 0.2) is 48.3 Å². The molecule has 1 heterocycles. The molecule has 2 aromatic rings. The molecule has 1 amide bonds. The Morgan fingerprint density at radius 2 is 2.08 bits per heavy atom. The van der Waals surface area contributed by atoms with Crippen molar-refractivity contribution in [3.05, 3.63) is 68.5 Å². The van der Waals surface area contributed by atoms with E-state index < -0.39 is 10.8 Å². The van der Waals surface area contributed by atoms with Crippen LogP contribution in [0.5, 0.6) is 0 Å². The molecule has 0 radical (unpaired) electrons. The molecule has 10 heteroatoms. The van der Waals surface area contributed by atoms with Crippen molar-refractivity contribution < 1.29 is 9.72 Å². The van der Waals surface area contributed by atoms with E-state index in [9.17, 15) is 14.9 Å². The highest BCUT2D eigenvalue weighted by molar-refractivity contribution is 6.32. The van der Waals surface area contributed by atoms with Crippen molar-refractivity contribution in [2.24, 2.45) is 0 Å². The monoisotopic (exact) mass is 377 g/mol. The average molecular weight is 378 g/mol. The number of hydrogen-bond donors (Lipinski definition) is 2. The summed E-state index contributed by atoms with van der Waals surface area (Å²) in [6.45, 7) is 0.